The Hall–Kier alpha value is -1.22. The van der Waals surface area contributed by atoms with Crippen LogP contribution in [0, 0.1) is 26.6 Å². The van der Waals surface area contributed by atoms with Crippen molar-refractivity contribution in [2.45, 2.75) is 40.5 Å². The summed E-state index contributed by atoms with van der Waals surface area (Å²) in [6.45, 7) is 10.4. The normalized spacial score (nSPS) is 11.2. The quantitative estimate of drug-likeness (QED) is 0.348. The number of rotatable bonds is 7. The predicted octanol–water partition coefficient (Wildman–Crippen LogP) is 4.17. The van der Waals surface area contributed by atoms with Gasteiger partial charge in [0.15, 0.2) is 5.96 Å². The number of nitrogens with one attached hydrogen (secondary N) is 2. The Bertz CT molecular complexity index is 730. The molecule has 0 bridgehead atoms. The van der Waals surface area contributed by atoms with Gasteiger partial charge in [-0.1, -0.05) is 6.07 Å². The van der Waals surface area contributed by atoms with Crippen LogP contribution in [-0.4, -0.2) is 30.6 Å². The standard InChI is InChI=1S/C19H27FN4S.HI/c1-5-21-19(23-11-9-18-14(3)24-15(4)25-18)22-10-8-16-6-7-17(20)12-13(16)2;/h6-7,12H,5,8-11H2,1-4H3,(H2,21,22,23);1H. The summed E-state index contributed by atoms with van der Waals surface area (Å²) >= 11 is 1.75. The first-order valence-electron chi connectivity index (χ1n) is 8.69. The van der Waals surface area contributed by atoms with Crippen molar-refractivity contribution < 1.29 is 4.39 Å². The molecule has 2 aromatic rings. The molecule has 0 spiro atoms. The molecule has 4 nitrogen and oxygen atoms in total. The molecular formula is C19H28FIN4S. The lowest BCUT2D eigenvalue weighted by Gasteiger charge is -2.12. The number of benzene rings is 1. The van der Waals surface area contributed by atoms with Crippen molar-refractivity contribution in [2.75, 3.05) is 19.6 Å². The first-order chi connectivity index (χ1) is 12.0. The van der Waals surface area contributed by atoms with Gasteiger partial charge >= 0.3 is 0 Å². The third-order valence-electron chi connectivity index (χ3n) is 3.94. The van der Waals surface area contributed by atoms with Gasteiger partial charge in [0.2, 0.25) is 0 Å². The number of nitrogens with zero attached hydrogens (tertiary/aromatic N) is 2. The second kappa shape index (κ2) is 11.5. The Morgan fingerprint density at radius 1 is 1.19 bits per heavy atom. The van der Waals surface area contributed by atoms with Gasteiger partial charge in [0.1, 0.15) is 5.82 Å². The second-order valence-corrected chi connectivity index (χ2v) is 7.29. The molecule has 26 heavy (non-hydrogen) atoms. The van der Waals surface area contributed by atoms with Crippen LogP contribution in [-0.2, 0) is 12.8 Å². The topological polar surface area (TPSA) is 49.3 Å². The summed E-state index contributed by atoms with van der Waals surface area (Å²) in [7, 11) is 0. The van der Waals surface area contributed by atoms with Gasteiger partial charge in [-0.3, -0.25) is 4.99 Å². The molecule has 0 fully saturated rings. The van der Waals surface area contributed by atoms with E-state index in [0.29, 0.717) is 0 Å². The molecule has 1 aromatic heterocycles. The zero-order valence-electron chi connectivity index (χ0n) is 15.9. The smallest absolute Gasteiger partial charge is 0.191 e. The van der Waals surface area contributed by atoms with Crippen LogP contribution >= 0.6 is 35.3 Å². The van der Waals surface area contributed by atoms with Gasteiger partial charge in [-0.15, -0.1) is 35.3 Å². The summed E-state index contributed by atoms with van der Waals surface area (Å²) in [5, 5.41) is 7.72. The van der Waals surface area contributed by atoms with Gasteiger partial charge < -0.3 is 10.6 Å². The minimum absolute atomic E-state index is 0. The van der Waals surface area contributed by atoms with E-state index in [0.717, 1.165) is 60.3 Å². The summed E-state index contributed by atoms with van der Waals surface area (Å²) in [5.41, 5.74) is 3.25. The van der Waals surface area contributed by atoms with Crippen LogP contribution in [0.25, 0.3) is 0 Å². The number of aromatic nitrogens is 1. The molecule has 1 aromatic carbocycles. The van der Waals surface area contributed by atoms with E-state index in [1.807, 2.05) is 19.9 Å². The maximum atomic E-state index is 13.2. The van der Waals surface area contributed by atoms with Crippen molar-refractivity contribution in [1.29, 1.82) is 0 Å². The third-order valence-corrected chi connectivity index (χ3v) is 5.08. The average Bonchev–Trinajstić information content (AvgIpc) is 2.87. The number of aryl methyl sites for hydroxylation is 3. The van der Waals surface area contributed by atoms with Crippen LogP contribution in [0.5, 0.6) is 0 Å². The minimum Gasteiger partial charge on any atom is -0.357 e. The molecule has 0 aliphatic carbocycles. The minimum atomic E-state index is -0.183. The highest BCUT2D eigenvalue weighted by Gasteiger charge is 2.05. The molecule has 0 aliphatic rings. The fourth-order valence-corrected chi connectivity index (χ4v) is 3.60. The van der Waals surface area contributed by atoms with E-state index in [-0.39, 0.29) is 29.8 Å². The maximum absolute atomic E-state index is 13.2. The van der Waals surface area contributed by atoms with E-state index in [4.69, 9.17) is 0 Å². The predicted molar refractivity (Wildman–Crippen MR) is 120 cm³/mol. The highest BCUT2D eigenvalue weighted by molar-refractivity contribution is 14.0. The zero-order chi connectivity index (χ0) is 18.2. The van der Waals surface area contributed by atoms with Crippen LogP contribution in [0.2, 0.25) is 0 Å². The average molecular weight is 490 g/mol. The number of halogens is 2. The molecule has 2 rings (SSSR count). The first kappa shape index (κ1) is 22.8. The molecule has 0 saturated carbocycles. The summed E-state index contributed by atoms with van der Waals surface area (Å²) in [6, 6.07) is 4.94. The van der Waals surface area contributed by atoms with Crippen LogP contribution in [0.4, 0.5) is 4.39 Å². The molecule has 0 radical (unpaired) electrons. The van der Waals surface area contributed by atoms with Crippen molar-refractivity contribution >= 4 is 41.3 Å². The fraction of sp³-hybridized carbons (Fsp3) is 0.474. The van der Waals surface area contributed by atoms with E-state index in [1.165, 1.54) is 10.9 Å². The van der Waals surface area contributed by atoms with Crippen molar-refractivity contribution in [3.05, 3.63) is 50.7 Å². The lowest BCUT2D eigenvalue weighted by Crippen LogP contribution is -2.38. The zero-order valence-corrected chi connectivity index (χ0v) is 19.0. The SMILES string of the molecule is CCNC(=NCCc1sc(C)nc1C)NCCc1ccc(F)cc1C.I. The van der Waals surface area contributed by atoms with Crippen molar-refractivity contribution in [3.8, 4) is 0 Å². The van der Waals surface area contributed by atoms with Gasteiger partial charge in [-0.25, -0.2) is 9.37 Å². The second-order valence-electron chi connectivity index (χ2n) is 6.00. The van der Waals surface area contributed by atoms with Crippen LogP contribution in [0.1, 0.15) is 33.6 Å². The number of aliphatic imine (C=N–C) groups is 1. The molecule has 0 aliphatic heterocycles. The molecule has 0 atom stereocenters. The van der Waals surface area contributed by atoms with E-state index in [2.05, 4.69) is 34.5 Å². The Morgan fingerprint density at radius 2 is 1.96 bits per heavy atom. The van der Waals surface area contributed by atoms with Gasteiger partial charge in [0, 0.05) is 30.9 Å². The van der Waals surface area contributed by atoms with E-state index in [9.17, 15) is 4.39 Å². The lowest BCUT2D eigenvalue weighted by atomic mass is 10.1. The largest absolute Gasteiger partial charge is 0.357 e. The van der Waals surface area contributed by atoms with Crippen LogP contribution < -0.4 is 10.6 Å². The molecule has 144 valence electrons. The summed E-state index contributed by atoms with van der Waals surface area (Å²) in [6.07, 6.45) is 1.74. The van der Waals surface area contributed by atoms with Crippen molar-refractivity contribution in [2.24, 2.45) is 4.99 Å². The molecule has 0 unspecified atom stereocenters. The number of hydrogen-bond acceptors (Lipinski definition) is 3. The van der Waals surface area contributed by atoms with Crippen LogP contribution in [0.3, 0.4) is 0 Å². The van der Waals surface area contributed by atoms with Crippen molar-refractivity contribution in [3.63, 3.8) is 0 Å². The van der Waals surface area contributed by atoms with Gasteiger partial charge in [0.05, 0.1) is 10.7 Å². The number of hydrogen-bond donors (Lipinski definition) is 2. The Kier molecular flexibility index (Phi) is 10.1. The fourth-order valence-electron chi connectivity index (χ4n) is 2.67. The van der Waals surface area contributed by atoms with Gasteiger partial charge in [-0.2, -0.15) is 0 Å². The van der Waals surface area contributed by atoms with Crippen LogP contribution in [0.15, 0.2) is 23.2 Å². The lowest BCUT2D eigenvalue weighted by molar-refractivity contribution is 0.625. The summed E-state index contributed by atoms with van der Waals surface area (Å²) < 4.78 is 13.2. The van der Waals surface area contributed by atoms with Crippen molar-refractivity contribution in [1.82, 2.24) is 15.6 Å². The van der Waals surface area contributed by atoms with E-state index >= 15 is 0 Å². The molecule has 7 heteroatoms. The van der Waals surface area contributed by atoms with Gasteiger partial charge in [-0.05, 0) is 57.4 Å². The molecule has 2 N–H and O–H groups in total. The summed E-state index contributed by atoms with van der Waals surface area (Å²) in [4.78, 5) is 10.4. The Labute approximate surface area is 176 Å². The van der Waals surface area contributed by atoms with Gasteiger partial charge in [0.25, 0.3) is 0 Å². The number of guanidine groups is 1. The monoisotopic (exact) mass is 490 g/mol. The Morgan fingerprint density at radius 3 is 2.58 bits per heavy atom. The maximum Gasteiger partial charge on any atom is 0.191 e. The third kappa shape index (κ3) is 7.19. The highest BCUT2D eigenvalue weighted by atomic mass is 127. The van der Waals surface area contributed by atoms with E-state index < -0.39 is 0 Å². The van der Waals surface area contributed by atoms with E-state index in [1.54, 1.807) is 17.4 Å². The Balaban J connectivity index is 0.00000338. The molecule has 0 amide bonds. The highest BCUT2D eigenvalue weighted by Crippen LogP contribution is 2.17. The molecule has 1 heterocycles. The summed E-state index contributed by atoms with van der Waals surface area (Å²) in [5.74, 6) is 0.638. The first-order valence-corrected chi connectivity index (χ1v) is 9.51. The number of thiazole rings is 1. The molecule has 0 saturated heterocycles. The molecular weight excluding hydrogens is 462 g/mol.